The van der Waals surface area contributed by atoms with Gasteiger partial charge in [0.1, 0.15) is 5.82 Å². The Morgan fingerprint density at radius 2 is 1.82 bits per heavy atom. The van der Waals surface area contributed by atoms with Crippen LogP contribution >= 0.6 is 0 Å². The highest BCUT2D eigenvalue weighted by Crippen LogP contribution is 2.36. The van der Waals surface area contributed by atoms with E-state index >= 15 is 0 Å². The van der Waals surface area contributed by atoms with Crippen molar-refractivity contribution in [3.05, 3.63) is 76.2 Å². The molecule has 7 nitrogen and oxygen atoms in total. The van der Waals surface area contributed by atoms with Crippen molar-refractivity contribution in [3.63, 3.8) is 0 Å². The lowest BCUT2D eigenvalue weighted by molar-refractivity contribution is -0.132. The lowest BCUT2D eigenvalue weighted by Crippen LogP contribution is -2.43. The van der Waals surface area contributed by atoms with Gasteiger partial charge in [-0.3, -0.25) is 14.4 Å². The third kappa shape index (κ3) is 4.38. The number of H-pyrrole nitrogens is 1. The Labute approximate surface area is 198 Å². The van der Waals surface area contributed by atoms with Crippen LogP contribution in [0.4, 0.5) is 11.4 Å². The van der Waals surface area contributed by atoms with Gasteiger partial charge in [0.05, 0.1) is 5.92 Å². The first-order chi connectivity index (χ1) is 16.5. The number of aromatic nitrogens is 2. The fraction of sp³-hybridized carbons (Fsp3) is 0.333. The van der Waals surface area contributed by atoms with Crippen molar-refractivity contribution in [2.45, 2.75) is 39.0 Å². The Kier molecular flexibility index (Phi) is 6.01. The van der Waals surface area contributed by atoms with E-state index in [1.807, 2.05) is 41.3 Å². The molecule has 3 aromatic rings. The number of amides is 2. The molecule has 2 amide bonds. The van der Waals surface area contributed by atoms with Crippen molar-refractivity contribution in [2.24, 2.45) is 11.8 Å². The molecular formula is C27H28N4O3. The maximum Gasteiger partial charge on any atom is 0.251 e. The Balaban J connectivity index is 1.35. The molecular weight excluding hydrogens is 428 g/mol. The van der Waals surface area contributed by atoms with Gasteiger partial charge in [0.15, 0.2) is 0 Å². The zero-order chi connectivity index (χ0) is 23.7. The van der Waals surface area contributed by atoms with Crippen LogP contribution in [0, 0.1) is 18.8 Å². The molecule has 1 aliphatic carbocycles. The minimum atomic E-state index is -0.366. The minimum absolute atomic E-state index is 0.0556. The normalized spacial score (nSPS) is 19.5. The number of aromatic amines is 1. The molecule has 1 fully saturated rings. The number of nitrogens with one attached hydrogen (secondary N) is 2. The molecule has 0 saturated heterocycles. The molecule has 174 valence electrons. The lowest BCUT2D eigenvalue weighted by Gasteiger charge is -2.32. The molecule has 2 aliphatic rings. The highest BCUT2D eigenvalue weighted by Gasteiger charge is 2.39. The van der Waals surface area contributed by atoms with Gasteiger partial charge < -0.3 is 15.2 Å². The summed E-state index contributed by atoms with van der Waals surface area (Å²) in [6, 6.07) is 16.7. The molecule has 1 saturated carbocycles. The average Bonchev–Trinajstić information content (AvgIpc) is 3.27. The van der Waals surface area contributed by atoms with E-state index in [9.17, 15) is 14.4 Å². The van der Waals surface area contributed by atoms with Gasteiger partial charge in [-0.25, -0.2) is 4.98 Å². The van der Waals surface area contributed by atoms with Gasteiger partial charge in [0.2, 0.25) is 11.8 Å². The number of carbonyl (C=O) groups excluding carboxylic acids is 2. The topological polar surface area (TPSA) is 95.2 Å². The number of hydrogen-bond donors (Lipinski definition) is 2. The Bertz CT molecular complexity index is 1300. The molecule has 0 radical (unpaired) electrons. The van der Waals surface area contributed by atoms with Crippen LogP contribution in [0.3, 0.4) is 0 Å². The SMILES string of the molecule is Cc1cc(=O)[nH]c(-c2cccc(NC(=O)C3CCCCC3C(=O)N3CCc4ccccc43)c2)n1. The molecule has 0 bridgehead atoms. The average molecular weight is 457 g/mol. The maximum absolute atomic E-state index is 13.5. The highest BCUT2D eigenvalue weighted by molar-refractivity contribution is 6.02. The Hall–Kier alpha value is -3.74. The van der Waals surface area contributed by atoms with Crippen LogP contribution < -0.4 is 15.8 Å². The van der Waals surface area contributed by atoms with Crippen molar-refractivity contribution in [1.82, 2.24) is 9.97 Å². The van der Waals surface area contributed by atoms with E-state index in [2.05, 4.69) is 21.4 Å². The largest absolute Gasteiger partial charge is 0.326 e. The molecule has 2 aromatic carbocycles. The second-order valence-corrected chi connectivity index (χ2v) is 9.17. The number of nitrogens with zero attached hydrogens (tertiary/aromatic N) is 2. The van der Waals surface area contributed by atoms with Gasteiger partial charge in [0.25, 0.3) is 5.56 Å². The van der Waals surface area contributed by atoms with E-state index in [-0.39, 0.29) is 29.2 Å². The third-order valence-corrected chi connectivity index (χ3v) is 6.85. The molecule has 0 spiro atoms. The first-order valence-corrected chi connectivity index (χ1v) is 11.9. The fourth-order valence-corrected chi connectivity index (χ4v) is 5.20. The number of hydrogen-bond acceptors (Lipinski definition) is 4. The molecule has 2 atom stereocenters. The van der Waals surface area contributed by atoms with Gasteiger partial charge in [-0.2, -0.15) is 0 Å². The number of benzene rings is 2. The third-order valence-electron chi connectivity index (χ3n) is 6.85. The number of carbonyl (C=O) groups is 2. The van der Waals surface area contributed by atoms with Crippen LogP contribution in [0.1, 0.15) is 36.9 Å². The van der Waals surface area contributed by atoms with Gasteiger partial charge in [-0.15, -0.1) is 0 Å². The number of anilines is 2. The summed E-state index contributed by atoms with van der Waals surface area (Å²) in [5.74, 6) is -0.305. The quantitative estimate of drug-likeness (QED) is 0.618. The predicted molar refractivity (Wildman–Crippen MR) is 132 cm³/mol. The number of aryl methyl sites for hydroxylation is 1. The smallest absolute Gasteiger partial charge is 0.251 e. The second kappa shape index (κ2) is 9.25. The van der Waals surface area contributed by atoms with Gasteiger partial charge in [0, 0.05) is 41.2 Å². The maximum atomic E-state index is 13.5. The van der Waals surface area contributed by atoms with Crippen LogP contribution in [0.2, 0.25) is 0 Å². The van der Waals surface area contributed by atoms with E-state index in [1.165, 1.54) is 11.6 Å². The minimum Gasteiger partial charge on any atom is -0.326 e. The Morgan fingerprint density at radius 3 is 2.65 bits per heavy atom. The van der Waals surface area contributed by atoms with Gasteiger partial charge in [-0.1, -0.05) is 43.2 Å². The summed E-state index contributed by atoms with van der Waals surface area (Å²) in [4.78, 5) is 47.7. The molecule has 2 N–H and O–H groups in total. The van der Waals surface area contributed by atoms with E-state index < -0.39 is 0 Å². The summed E-state index contributed by atoms with van der Waals surface area (Å²) in [6.07, 6.45) is 4.17. The van der Waals surface area contributed by atoms with E-state index in [4.69, 9.17) is 0 Å². The number of fused-ring (bicyclic) bond motifs is 1. The lowest BCUT2D eigenvalue weighted by atomic mass is 9.77. The molecule has 34 heavy (non-hydrogen) atoms. The van der Waals surface area contributed by atoms with Crippen molar-refractivity contribution in [1.29, 1.82) is 0 Å². The first-order valence-electron chi connectivity index (χ1n) is 11.9. The zero-order valence-corrected chi connectivity index (χ0v) is 19.2. The molecule has 1 aromatic heterocycles. The van der Waals surface area contributed by atoms with Crippen molar-refractivity contribution in [2.75, 3.05) is 16.8 Å². The van der Waals surface area contributed by atoms with Crippen LogP contribution in [0.25, 0.3) is 11.4 Å². The summed E-state index contributed by atoms with van der Waals surface area (Å²) in [5.41, 5.74) is 3.90. The molecule has 5 rings (SSSR count). The van der Waals surface area contributed by atoms with E-state index in [0.29, 0.717) is 35.7 Å². The van der Waals surface area contributed by atoms with Crippen LogP contribution in [0.5, 0.6) is 0 Å². The molecule has 7 heteroatoms. The van der Waals surface area contributed by atoms with Gasteiger partial charge in [-0.05, 0) is 49.9 Å². The standard InChI is InChI=1S/C27H28N4O3/c1-17-15-24(32)30-25(28-17)19-8-6-9-20(16-19)29-26(33)21-10-3-4-11-22(21)27(34)31-14-13-18-7-2-5-12-23(18)31/h2,5-9,12,15-16,21-22H,3-4,10-11,13-14H2,1H3,(H,29,33)(H,28,30,32). The fourth-order valence-electron chi connectivity index (χ4n) is 5.20. The summed E-state index contributed by atoms with van der Waals surface area (Å²) in [7, 11) is 0. The van der Waals surface area contributed by atoms with Crippen molar-refractivity contribution in [3.8, 4) is 11.4 Å². The zero-order valence-electron chi connectivity index (χ0n) is 19.2. The Morgan fingerprint density at radius 1 is 1.03 bits per heavy atom. The summed E-state index contributed by atoms with van der Waals surface area (Å²) in [5, 5.41) is 3.02. The summed E-state index contributed by atoms with van der Waals surface area (Å²) >= 11 is 0. The first kappa shape index (κ1) is 22.1. The van der Waals surface area contributed by atoms with E-state index in [1.54, 1.807) is 13.0 Å². The van der Waals surface area contributed by atoms with Crippen molar-refractivity contribution < 1.29 is 9.59 Å². The van der Waals surface area contributed by atoms with Crippen LogP contribution in [0.15, 0.2) is 59.4 Å². The van der Waals surface area contributed by atoms with Gasteiger partial charge >= 0.3 is 0 Å². The summed E-state index contributed by atoms with van der Waals surface area (Å²) in [6.45, 7) is 2.44. The predicted octanol–water partition coefficient (Wildman–Crippen LogP) is 4.08. The second-order valence-electron chi connectivity index (χ2n) is 9.17. The number of para-hydroxylation sites is 1. The van der Waals surface area contributed by atoms with Crippen LogP contribution in [-0.2, 0) is 16.0 Å². The molecule has 2 unspecified atom stereocenters. The molecule has 1 aliphatic heterocycles. The molecule has 2 heterocycles. The monoisotopic (exact) mass is 456 g/mol. The number of rotatable bonds is 4. The van der Waals surface area contributed by atoms with Crippen molar-refractivity contribution >= 4 is 23.2 Å². The summed E-state index contributed by atoms with van der Waals surface area (Å²) < 4.78 is 0. The van der Waals surface area contributed by atoms with E-state index in [0.717, 1.165) is 31.4 Å². The highest BCUT2D eigenvalue weighted by atomic mass is 16.2. The van der Waals surface area contributed by atoms with Crippen LogP contribution in [-0.4, -0.2) is 28.3 Å².